The number of para-hydroxylation sites is 1. The number of rotatable bonds is 13. The fraction of sp³-hybridized carbons (Fsp3) is 0.242. The lowest BCUT2D eigenvalue weighted by Gasteiger charge is -2.17. The number of aryl methyl sites for hydroxylation is 1. The first kappa shape index (κ1) is 28.5. The average molecular weight is 545 g/mol. The third kappa shape index (κ3) is 6.91. The van der Waals surface area contributed by atoms with Crippen molar-refractivity contribution in [2.75, 3.05) is 13.2 Å². The van der Waals surface area contributed by atoms with E-state index < -0.39 is 5.97 Å². The summed E-state index contributed by atoms with van der Waals surface area (Å²) in [6.07, 6.45) is 2.87. The zero-order chi connectivity index (χ0) is 28.5. The van der Waals surface area contributed by atoms with Crippen LogP contribution in [0, 0.1) is 5.82 Å². The van der Waals surface area contributed by atoms with Gasteiger partial charge in [-0.1, -0.05) is 50.6 Å². The van der Waals surface area contributed by atoms with E-state index in [1.54, 1.807) is 36.4 Å². The molecule has 0 fully saturated rings. The number of phenols is 1. The standard InChI is InChI=1S/C33H33FO6/c1-3-9-25-29(12-7-13-30(25)40-31-11-6-5-10-26(31)33(36)37)38-18-8-19-39-32-21-28(35)27(20-22(32)4-2)23-14-16-24(34)17-15-23/h5-7,10-17,20-21,35H,3-4,8-9,18-19H2,1-2H3,(H,36,37). The molecule has 0 aromatic heterocycles. The van der Waals surface area contributed by atoms with Crippen molar-refractivity contribution in [1.29, 1.82) is 0 Å². The zero-order valence-corrected chi connectivity index (χ0v) is 22.7. The summed E-state index contributed by atoms with van der Waals surface area (Å²) in [5, 5.41) is 20.1. The first-order chi connectivity index (χ1) is 19.4. The molecule has 6 nitrogen and oxygen atoms in total. The Labute approximate surface area is 233 Å². The predicted molar refractivity (Wildman–Crippen MR) is 152 cm³/mol. The Bertz CT molecular complexity index is 1450. The van der Waals surface area contributed by atoms with E-state index in [2.05, 4.69) is 6.92 Å². The van der Waals surface area contributed by atoms with Gasteiger partial charge in [0.1, 0.15) is 40.1 Å². The molecule has 0 spiro atoms. The molecule has 4 aromatic carbocycles. The highest BCUT2D eigenvalue weighted by molar-refractivity contribution is 5.91. The molecule has 0 atom stereocenters. The predicted octanol–water partition coefficient (Wildman–Crippen LogP) is 8.05. The maximum Gasteiger partial charge on any atom is 0.339 e. The van der Waals surface area contributed by atoms with Gasteiger partial charge in [0, 0.05) is 23.6 Å². The first-order valence-electron chi connectivity index (χ1n) is 13.4. The van der Waals surface area contributed by atoms with Crippen LogP contribution in [0.3, 0.4) is 0 Å². The summed E-state index contributed by atoms with van der Waals surface area (Å²) in [6, 6.07) is 21.6. The van der Waals surface area contributed by atoms with Gasteiger partial charge in [0.2, 0.25) is 0 Å². The number of phenolic OH excluding ortho intramolecular Hbond substituents is 1. The molecule has 0 heterocycles. The number of halogens is 1. The van der Waals surface area contributed by atoms with Crippen LogP contribution in [0.1, 0.15) is 48.2 Å². The number of hydrogen-bond donors (Lipinski definition) is 2. The Morgan fingerprint density at radius 3 is 2.20 bits per heavy atom. The Balaban J connectivity index is 1.40. The maximum atomic E-state index is 13.3. The molecule has 0 aliphatic rings. The molecule has 0 amide bonds. The first-order valence-corrected chi connectivity index (χ1v) is 13.4. The SMILES string of the molecule is CCCc1c(OCCCOc2cc(O)c(-c3ccc(F)cc3)cc2CC)cccc1Oc1ccccc1C(=O)O. The lowest BCUT2D eigenvalue weighted by atomic mass is 10.00. The molecular formula is C33H33FO6. The quantitative estimate of drug-likeness (QED) is 0.166. The van der Waals surface area contributed by atoms with E-state index >= 15 is 0 Å². The molecule has 4 rings (SSSR count). The van der Waals surface area contributed by atoms with Crippen LogP contribution in [0.15, 0.2) is 78.9 Å². The minimum absolute atomic E-state index is 0.0700. The minimum atomic E-state index is -1.05. The van der Waals surface area contributed by atoms with Crippen molar-refractivity contribution in [3.05, 3.63) is 101 Å². The second-order valence-corrected chi connectivity index (χ2v) is 9.27. The summed E-state index contributed by atoms with van der Waals surface area (Å²) in [7, 11) is 0. The average Bonchev–Trinajstić information content (AvgIpc) is 2.95. The van der Waals surface area contributed by atoms with E-state index in [1.165, 1.54) is 18.2 Å². The Morgan fingerprint density at radius 1 is 0.825 bits per heavy atom. The lowest BCUT2D eigenvalue weighted by Crippen LogP contribution is -2.08. The molecule has 40 heavy (non-hydrogen) atoms. The van der Waals surface area contributed by atoms with Gasteiger partial charge in [-0.25, -0.2) is 9.18 Å². The molecule has 0 unspecified atom stereocenters. The van der Waals surface area contributed by atoms with Crippen LogP contribution in [0.25, 0.3) is 11.1 Å². The number of carbonyl (C=O) groups is 1. The van der Waals surface area contributed by atoms with E-state index in [4.69, 9.17) is 14.2 Å². The van der Waals surface area contributed by atoms with Crippen molar-refractivity contribution >= 4 is 5.97 Å². The number of aromatic hydroxyl groups is 1. The van der Waals surface area contributed by atoms with E-state index in [-0.39, 0.29) is 22.9 Å². The highest BCUT2D eigenvalue weighted by Crippen LogP contribution is 2.37. The molecular weight excluding hydrogens is 511 g/mol. The number of benzene rings is 4. The summed E-state index contributed by atoms with van der Waals surface area (Å²) < 4.78 is 31.4. The third-order valence-electron chi connectivity index (χ3n) is 6.45. The van der Waals surface area contributed by atoms with Crippen molar-refractivity contribution in [2.45, 2.75) is 39.5 Å². The molecule has 208 valence electrons. The highest BCUT2D eigenvalue weighted by Gasteiger charge is 2.16. The number of aromatic carboxylic acids is 1. The van der Waals surface area contributed by atoms with Gasteiger partial charge in [0.25, 0.3) is 0 Å². The molecule has 0 aliphatic heterocycles. The van der Waals surface area contributed by atoms with E-state index in [9.17, 15) is 19.4 Å². The van der Waals surface area contributed by atoms with Crippen molar-refractivity contribution in [1.82, 2.24) is 0 Å². The molecule has 0 saturated heterocycles. The van der Waals surface area contributed by atoms with Gasteiger partial charge in [-0.05, 0) is 66.4 Å². The molecule has 2 N–H and O–H groups in total. The second-order valence-electron chi connectivity index (χ2n) is 9.27. The summed E-state index contributed by atoms with van der Waals surface area (Å²) in [5.74, 6) is 0.815. The van der Waals surface area contributed by atoms with Crippen molar-refractivity contribution in [3.63, 3.8) is 0 Å². The summed E-state index contributed by atoms with van der Waals surface area (Å²) in [6.45, 7) is 4.85. The topological polar surface area (TPSA) is 85.2 Å². The van der Waals surface area contributed by atoms with Crippen molar-refractivity contribution in [2.24, 2.45) is 0 Å². The minimum Gasteiger partial charge on any atom is -0.507 e. The van der Waals surface area contributed by atoms with Gasteiger partial charge in [-0.15, -0.1) is 0 Å². The van der Waals surface area contributed by atoms with Crippen LogP contribution in [-0.4, -0.2) is 29.4 Å². The molecule has 7 heteroatoms. The van der Waals surface area contributed by atoms with Crippen LogP contribution in [0.4, 0.5) is 4.39 Å². The van der Waals surface area contributed by atoms with Gasteiger partial charge in [0.05, 0.1) is 13.2 Å². The van der Waals surface area contributed by atoms with Crippen molar-refractivity contribution < 1.29 is 33.6 Å². The molecule has 0 bridgehead atoms. The highest BCUT2D eigenvalue weighted by atomic mass is 19.1. The summed E-state index contributed by atoms with van der Waals surface area (Å²) in [5.41, 5.74) is 3.27. The fourth-order valence-corrected chi connectivity index (χ4v) is 4.43. The largest absolute Gasteiger partial charge is 0.507 e. The van der Waals surface area contributed by atoms with Gasteiger partial charge in [0.15, 0.2) is 0 Å². The number of ether oxygens (including phenoxy) is 3. The van der Waals surface area contributed by atoms with Gasteiger partial charge < -0.3 is 24.4 Å². The van der Waals surface area contributed by atoms with E-state index in [0.717, 1.165) is 23.1 Å². The third-order valence-corrected chi connectivity index (χ3v) is 6.45. The number of hydrogen-bond acceptors (Lipinski definition) is 5. The van der Waals surface area contributed by atoms with Crippen LogP contribution in [0.2, 0.25) is 0 Å². The summed E-state index contributed by atoms with van der Waals surface area (Å²) >= 11 is 0. The van der Waals surface area contributed by atoms with Gasteiger partial charge in [-0.3, -0.25) is 0 Å². The van der Waals surface area contributed by atoms with E-state index in [0.29, 0.717) is 55.3 Å². The Morgan fingerprint density at radius 2 is 1.50 bits per heavy atom. The zero-order valence-electron chi connectivity index (χ0n) is 22.7. The second kappa shape index (κ2) is 13.5. The lowest BCUT2D eigenvalue weighted by molar-refractivity contribution is 0.0694. The molecule has 0 radical (unpaired) electrons. The molecule has 4 aromatic rings. The smallest absolute Gasteiger partial charge is 0.339 e. The number of carboxylic acids is 1. The van der Waals surface area contributed by atoms with Crippen LogP contribution >= 0.6 is 0 Å². The Hall–Kier alpha value is -4.52. The van der Waals surface area contributed by atoms with Gasteiger partial charge >= 0.3 is 5.97 Å². The number of carboxylic acid groups (broad SMARTS) is 1. The van der Waals surface area contributed by atoms with E-state index in [1.807, 2.05) is 31.2 Å². The normalized spacial score (nSPS) is 10.8. The van der Waals surface area contributed by atoms with Crippen LogP contribution in [0.5, 0.6) is 28.7 Å². The van der Waals surface area contributed by atoms with Crippen molar-refractivity contribution in [3.8, 4) is 39.9 Å². The molecule has 0 aliphatic carbocycles. The Kier molecular flexibility index (Phi) is 9.62. The van der Waals surface area contributed by atoms with Gasteiger partial charge in [-0.2, -0.15) is 0 Å². The van der Waals surface area contributed by atoms with Crippen LogP contribution < -0.4 is 14.2 Å². The maximum absolute atomic E-state index is 13.3. The molecule has 0 saturated carbocycles. The summed E-state index contributed by atoms with van der Waals surface area (Å²) in [4.78, 5) is 11.6. The van der Waals surface area contributed by atoms with Crippen LogP contribution in [-0.2, 0) is 12.8 Å². The fourth-order valence-electron chi connectivity index (χ4n) is 4.43. The monoisotopic (exact) mass is 544 g/mol.